The third-order valence-corrected chi connectivity index (χ3v) is 2.38. The first kappa shape index (κ1) is 12.8. The minimum Gasteiger partial charge on any atom is -0.481 e. The van der Waals surface area contributed by atoms with Gasteiger partial charge in [0.2, 0.25) is 0 Å². The van der Waals surface area contributed by atoms with Gasteiger partial charge < -0.3 is 5.11 Å². The Morgan fingerprint density at radius 1 is 1.35 bits per heavy atom. The Morgan fingerprint density at radius 2 is 1.88 bits per heavy atom. The Hall–Kier alpha value is -2.24. The molecular formula is C11H11NO5. The van der Waals surface area contributed by atoms with Gasteiger partial charge in [-0.25, -0.2) is 0 Å². The van der Waals surface area contributed by atoms with Crippen LogP contribution < -0.4 is 0 Å². The molecule has 17 heavy (non-hydrogen) atoms. The van der Waals surface area contributed by atoms with E-state index in [0.29, 0.717) is 5.56 Å². The zero-order chi connectivity index (χ0) is 13.0. The van der Waals surface area contributed by atoms with Crippen molar-refractivity contribution in [2.24, 2.45) is 5.92 Å². The number of carboxylic acids is 1. The average molecular weight is 237 g/mol. The molecule has 0 saturated carbocycles. The quantitative estimate of drug-likeness (QED) is 0.474. The topological polar surface area (TPSA) is 97.5 Å². The van der Waals surface area contributed by atoms with Gasteiger partial charge in [0.25, 0.3) is 5.69 Å². The van der Waals surface area contributed by atoms with Gasteiger partial charge in [-0.2, -0.15) is 0 Å². The van der Waals surface area contributed by atoms with Crippen LogP contribution in [-0.4, -0.2) is 21.8 Å². The number of benzene rings is 1. The van der Waals surface area contributed by atoms with Gasteiger partial charge in [0.05, 0.1) is 4.92 Å². The number of nitrogens with zero attached hydrogens (tertiary/aromatic N) is 1. The van der Waals surface area contributed by atoms with Crippen LogP contribution in [0.4, 0.5) is 5.69 Å². The van der Waals surface area contributed by atoms with E-state index in [-0.39, 0.29) is 12.1 Å². The number of non-ortho nitro benzene ring substituents is 1. The molecule has 0 spiro atoms. The highest BCUT2D eigenvalue weighted by Gasteiger charge is 2.22. The highest BCUT2D eigenvalue weighted by atomic mass is 16.6. The largest absolute Gasteiger partial charge is 0.481 e. The SMILES string of the molecule is CC(=O)C(Cc1ccc([N+](=O)[O-])cc1)C(=O)O. The number of ketones is 1. The van der Waals surface area contributed by atoms with Crippen molar-refractivity contribution in [2.45, 2.75) is 13.3 Å². The lowest BCUT2D eigenvalue weighted by Crippen LogP contribution is -2.23. The number of hydrogen-bond acceptors (Lipinski definition) is 4. The van der Waals surface area contributed by atoms with Crippen LogP contribution in [0, 0.1) is 16.0 Å². The summed E-state index contributed by atoms with van der Waals surface area (Å²) < 4.78 is 0. The molecule has 0 aliphatic rings. The molecule has 0 fully saturated rings. The van der Waals surface area contributed by atoms with Gasteiger partial charge in [-0.3, -0.25) is 19.7 Å². The van der Waals surface area contributed by atoms with Crippen LogP contribution in [0.1, 0.15) is 12.5 Å². The highest BCUT2D eigenvalue weighted by Crippen LogP contribution is 2.15. The minimum atomic E-state index is -1.18. The number of carbonyl (C=O) groups is 2. The summed E-state index contributed by atoms with van der Waals surface area (Å²) in [6, 6.07) is 5.48. The van der Waals surface area contributed by atoms with Gasteiger partial charge in [0.1, 0.15) is 11.7 Å². The molecule has 1 unspecified atom stereocenters. The van der Waals surface area contributed by atoms with Crippen LogP contribution in [0.3, 0.4) is 0 Å². The van der Waals surface area contributed by atoms with Gasteiger partial charge in [0, 0.05) is 12.1 Å². The van der Waals surface area contributed by atoms with Crippen LogP contribution in [0.25, 0.3) is 0 Å². The molecule has 1 atom stereocenters. The van der Waals surface area contributed by atoms with Crippen LogP contribution in [0.15, 0.2) is 24.3 Å². The Balaban J connectivity index is 2.84. The van der Waals surface area contributed by atoms with E-state index in [4.69, 9.17) is 5.11 Å². The predicted molar refractivity (Wildman–Crippen MR) is 58.6 cm³/mol. The minimum absolute atomic E-state index is 0.0443. The van der Waals surface area contributed by atoms with Crippen molar-refractivity contribution < 1.29 is 19.6 Å². The smallest absolute Gasteiger partial charge is 0.314 e. The lowest BCUT2D eigenvalue weighted by molar-refractivity contribution is -0.384. The summed E-state index contributed by atoms with van der Waals surface area (Å²) >= 11 is 0. The summed E-state index contributed by atoms with van der Waals surface area (Å²) in [6.45, 7) is 1.21. The first-order valence-electron chi connectivity index (χ1n) is 4.88. The van der Waals surface area contributed by atoms with Gasteiger partial charge in [-0.05, 0) is 18.9 Å². The maximum atomic E-state index is 11.1. The highest BCUT2D eigenvalue weighted by molar-refractivity contribution is 5.97. The molecule has 0 amide bonds. The van der Waals surface area contributed by atoms with Crippen LogP contribution >= 0.6 is 0 Å². The van der Waals surface area contributed by atoms with Crippen molar-refractivity contribution in [2.75, 3.05) is 0 Å². The lowest BCUT2D eigenvalue weighted by atomic mass is 9.96. The molecule has 1 N–H and O–H groups in total. The number of nitro groups is 1. The van der Waals surface area contributed by atoms with Crippen molar-refractivity contribution >= 4 is 17.4 Å². The van der Waals surface area contributed by atoms with Crippen LogP contribution in [0.2, 0.25) is 0 Å². The second-order valence-electron chi connectivity index (χ2n) is 3.63. The van der Waals surface area contributed by atoms with Crippen LogP contribution in [0.5, 0.6) is 0 Å². The molecule has 0 aliphatic carbocycles. The van der Waals surface area contributed by atoms with Crippen LogP contribution in [-0.2, 0) is 16.0 Å². The Labute approximate surface area is 97.0 Å². The van der Waals surface area contributed by atoms with E-state index in [2.05, 4.69) is 0 Å². The lowest BCUT2D eigenvalue weighted by Gasteiger charge is -2.08. The number of Topliss-reactive ketones (excluding diaryl/α,β-unsaturated/α-hetero) is 1. The Bertz CT molecular complexity index is 437. The van der Waals surface area contributed by atoms with E-state index in [1.807, 2.05) is 0 Å². The maximum absolute atomic E-state index is 11.1. The summed E-state index contributed by atoms with van der Waals surface area (Å²) in [6.07, 6.45) is 0.0443. The second-order valence-corrected chi connectivity index (χ2v) is 3.63. The van der Waals surface area contributed by atoms with Gasteiger partial charge in [-0.15, -0.1) is 0 Å². The fourth-order valence-corrected chi connectivity index (χ4v) is 1.39. The molecule has 0 bridgehead atoms. The summed E-state index contributed by atoms with van der Waals surface area (Å²) in [5.41, 5.74) is 0.515. The molecule has 6 heteroatoms. The molecule has 1 aromatic carbocycles. The van der Waals surface area contributed by atoms with E-state index in [0.717, 1.165) is 0 Å². The van der Waals surface area contributed by atoms with Gasteiger partial charge >= 0.3 is 5.97 Å². The fraction of sp³-hybridized carbons (Fsp3) is 0.273. The van der Waals surface area contributed by atoms with E-state index in [9.17, 15) is 19.7 Å². The molecule has 0 saturated heterocycles. The number of hydrogen-bond donors (Lipinski definition) is 1. The van der Waals surface area contributed by atoms with Gasteiger partial charge in [-0.1, -0.05) is 12.1 Å². The summed E-state index contributed by atoms with van der Waals surface area (Å²) in [5, 5.41) is 19.2. The normalized spacial score (nSPS) is 11.8. The number of rotatable bonds is 5. The standard InChI is InChI=1S/C11H11NO5/c1-7(13)10(11(14)15)6-8-2-4-9(5-3-8)12(16)17/h2-5,10H,6H2,1H3,(H,14,15). The van der Waals surface area contributed by atoms with Crippen molar-refractivity contribution in [3.05, 3.63) is 39.9 Å². The van der Waals surface area contributed by atoms with E-state index < -0.39 is 22.6 Å². The number of nitro benzene ring substituents is 1. The van der Waals surface area contributed by atoms with Crippen molar-refractivity contribution in [1.29, 1.82) is 0 Å². The molecule has 0 heterocycles. The molecule has 0 aromatic heterocycles. The molecule has 90 valence electrons. The van der Waals surface area contributed by atoms with Crippen molar-refractivity contribution in [1.82, 2.24) is 0 Å². The van der Waals surface area contributed by atoms with Crippen molar-refractivity contribution in [3.63, 3.8) is 0 Å². The Kier molecular flexibility index (Phi) is 3.92. The third-order valence-electron chi connectivity index (χ3n) is 2.38. The molecule has 1 aromatic rings. The number of carbonyl (C=O) groups excluding carboxylic acids is 1. The fourth-order valence-electron chi connectivity index (χ4n) is 1.39. The molecular weight excluding hydrogens is 226 g/mol. The Morgan fingerprint density at radius 3 is 2.24 bits per heavy atom. The summed E-state index contributed by atoms with van der Waals surface area (Å²) in [7, 11) is 0. The number of carboxylic acid groups (broad SMARTS) is 1. The maximum Gasteiger partial charge on any atom is 0.314 e. The summed E-state index contributed by atoms with van der Waals surface area (Å²) in [4.78, 5) is 31.7. The molecule has 6 nitrogen and oxygen atoms in total. The van der Waals surface area contributed by atoms with E-state index in [1.165, 1.54) is 31.2 Å². The molecule has 0 radical (unpaired) electrons. The molecule has 1 rings (SSSR count). The van der Waals surface area contributed by atoms with Crippen molar-refractivity contribution in [3.8, 4) is 0 Å². The van der Waals surface area contributed by atoms with E-state index >= 15 is 0 Å². The zero-order valence-corrected chi connectivity index (χ0v) is 9.12. The second kappa shape index (κ2) is 5.20. The average Bonchev–Trinajstić information content (AvgIpc) is 2.25. The monoisotopic (exact) mass is 237 g/mol. The van der Waals surface area contributed by atoms with Gasteiger partial charge in [0.15, 0.2) is 0 Å². The van der Waals surface area contributed by atoms with E-state index in [1.54, 1.807) is 0 Å². The summed E-state index contributed by atoms with van der Waals surface area (Å²) in [5.74, 6) is -2.72. The number of aliphatic carboxylic acids is 1. The molecule has 0 aliphatic heterocycles. The first-order valence-corrected chi connectivity index (χ1v) is 4.88. The first-order chi connectivity index (χ1) is 7.91. The zero-order valence-electron chi connectivity index (χ0n) is 9.12. The third kappa shape index (κ3) is 3.37. The predicted octanol–water partition coefficient (Wildman–Crippen LogP) is 1.43.